The molecule has 5 nitrogen and oxygen atoms in total. The fourth-order valence-corrected chi connectivity index (χ4v) is 3.20. The third-order valence-corrected chi connectivity index (χ3v) is 4.25. The molecule has 0 spiro atoms. The number of primary amides is 1. The van der Waals surface area contributed by atoms with Gasteiger partial charge in [-0.15, -0.1) is 11.3 Å². The van der Waals surface area contributed by atoms with Gasteiger partial charge >= 0.3 is 0 Å². The number of fused-ring (bicyclic) bond motifs is 1. The minimum Gasteiger partial charge on any atom is -0.369 e. The van der Waals surface area contributed by atoms with E-state index in [0.717, 1.165) is 20.9 Å². The molecule has 1 aliphatic heterocycles. The standard InChI is InChI=1S/C13H13N3O2S/c1-7-15-10-3-2-9(5-11(10)19-7)16-6-8(13(14)18)4-12(16)17/h2-3,5,8H,4,6H2,1H3,(H2,14,18). The van der Waals surface area contributed by atoms with E-state index >= 15 is 0 Å². The van der Waals surface area contributed by atoms with E-state index < -0.39 is 5.91 Å². The lowest BCUT2D eigenvalue weighted by Gasteiger charge is -2.16. The first-order valence-electron chi connectivity index (χ1n) is 6.01. The summed E-state index contributed by atoms with van der Waals surface area (Å²) in [6, 6.07) is 5.71. The lowest BCUT2D eigenvalue weighted by atomic mass is 10.1. The number of aromatic nitrogens is 1. The second-order valence-electron chi connectivity index (χ2n) is 4.69. The first-order chi connectivity index (χ1) is 9.04. The summed E-state index contributed by atoms with van der Waals surface area (Å²) in [7, 11) is 0. The van der Waals surface area contributed by atoms with Gasteiger partial charge in [-0.3, -0.25) is 9.59 Å². The number of nitrogens with zero attached hydrogens (tertiary/aromatic N) is 2. The van der Waals surface area contributed by atoms with Crippen molar-refractivity contribution in [1.82, 2.24) is 4.98 Å². The highest BCUT2D eigenvalue weighted by Crippen LogP contribution is 2.30. The van der Waals surface area contributed by atoms with Crippen molar-refractivity contribution in [2.75, 3.05) is 11.4 Å². The van der Waals surface area contributed by atoms with Gasteiger partial charge < -0.3 is 10.6 Å². The molecule has 1 aromatic carbocycles. The number of amides is 2. The SMILES string of the molecule is Cc1nc2ccc(N3CC(C(N)=O)CC3=O)cc2s1. The van der Waals surface area contributed by atoms with Gasteiger partial charge in [0.1, 0.15) is 0 Å². The Labute approximate surface area is 114 Å². The smallest absolute Gasteiger partial charge is 0.227 e. The van der Waals surface area contributed by atoms with Gasteiger partial charge in [0.15, 0.2) is 0 Å². The van der Waals surface area contributed by atoms with Crippen LogP contribution < -0.4 is 10.6 Å². The van der Waals surface area contributed by atoms with Crippen molar-refractivity contribution in [3.8, 4) is 0 Å². The zero-order chi connectivity index (χ0) is 13.6. The average molecular weight is 275 g/mol. The Hall–Kier alpha value is -1.95. The molecule has 19 heavy (non-hydrogen) atoms. The third-order valence-electron chi connectivity index (χ3n) is 3.32. The Balaban J connectivity index is 1.95. The van der Waals surface area contributed by atoms with Crippen molar-refractivity contribution >= 4 is 39.1 Å². The number of nitrogens with two attached hydrogens (primary N) is 1. The Morgan fingerprint density at radius 1 is 1.53 bits per heavy atom. The van der Waals surface area contributed by atoms with Crippen LogP contribution in [-0.2, 0) is 9.59 Å². The van der Waals surface area contributed by atoms with Crippen molar-refractivity contribution in [2.45, 2.75) is 13.3 Å². The largest absolute Gasteiger partial charge is 0.369 e. The predicted molar refractivity (Wildman–Crippen MR) is 74.0 cm³/mol. The van der Waals surface area contributed by atoms with Gasteiger partial charge in [0, 0.05) is 18.7 Å². The first-order valence-corrected chi connectivity index (χ1v) is 6.83. The average Bonchev–Trinajstić information content (AvgIpc) is 2.90. The number of thiazole rings is 1. The van der Waals surface area contributed by atoms with Crippen molar-refractivity contribution in [3.05, 3.63) is 23.2 Å². The molecule has 0 bridgehead atoms. The maximum absolute atomic E-state index is 11.9. The summed E-state index contributed by atoms with van der Waals surface area (Å²) in [5, 5.41) is 0.995. The molecule has 3 rings (SSSR count). The lowest BCUT2D eigenvalue weighted by molar-refractivity contribution is -0.123. The van der Waals surface area contributed by atoms with Crippen LogP contribution in [0.5, 0.6) is 0 Å². The molecule has 1 fully saturated rings. The van der Waals surface area contributed by atoms with Gasteiger partial charge in [-0.1, -0.05) is 0 Å². The molecule has 6 heteroatoms. The van der Waals surface area contributed by atoms with E-state index in [1.807, 2.05) is 25.1 Å². The molecule has 2 amide bonds. The number of anilines is 1. The molecule has 2 N–H and O–H groups in total. The van der Waals surface area contributed by atoms with Crippen LogP contribution in [0.3, 0.4) is 0 Å². The maximum Gasteiger partial charge on any atom is 0.227 e. The number of hydrogen-bond acceptors (Lipinski definition) is 4. The molecule has 2 aromatic rings. The fraction of sp³-hybridized carbons (Fsp3) is 0.308. The maximum atomic E-state index is 11.9. The Kier molecular flexibility index (Phi) is 2.74. The summed E-state index contributed by atoms with van der Waals surface area (Å²) in [4.78, 5) is 29.1. The van der Waals surface area contributed by atoms with Gasteiger partial charge in [-0.25, -0.2) is 4.98 Å². The zero-order valence-electron chi connectivity index (χ0n) is 10.4. The van der Waals surface area contributed by atoms with Crippen LogP contribution in [0.15, 0.2) is 18.2 Å². The highest BCUT2D eigenvalue weighted by Gasteiger charge is 2.33. The molecule has 1 saturated heterocycles. The number of carbonyl (C=O) groups excluding carboxylic acids is 2. The van der Waals surface area contributed by atoms with Crippen LogP contribution >= 0.6 is 11.3 Å². The number of benzene rings is 1. The van der Waals surface area contributed by atoms with Crippen LogP contribution in [0, 0.1) is 12.8 Å². The summed E-state index contributed by atoms with van der Waals surface area (Å²) in [5.41, 5.74) is 7.01. The van der Waals surface area contributed by atoms with Crippen LogP contribution in [-0.4, -0.2) is 23.3 Å². The lowest BCUT2D eigenvalue weighted by Crippen LogP contribution is -2.28. The van der Waals surface area contributed by atoms with E-state index in [4.69, 9.17) is 5.73 Å². The van der Waals surface area contributed by atoms with E-state index in [2.05, 4.69) is 4.98 Å². The van der Waals surface area contributed by atoms with Gasteiger partial charge in [0.25, 0.3) is 0 Å². The molecule has 98 valence electrons. The fourth-order valence-electron chi connectivity index (χ4n) is 2.34. The molecule has 1 aliphatic rings. The van der Waals surface area contributed by atoms with Crippen LogP contribution in [0.2, 0.25) is 0 Å². The highest BCUT2D eigenvalue weighted by molar-refractivity contribution is 7.18. The van der Waals surface area contributed by atoms with Gasteiger partial charge in [-0.05, 0) is 25.1 Å². The highest BCUT2D eigenvalue weighted by atomic mass is 32.1. The minimum absolute atomic E-state index is 0.0515. The molecule has 1 atom stereocenters. The monoisotopic (exact) mass is 275 g/mol. The molecule has 2 heterocycles. The topological polar surface area (TPSA) is 76.3 Å². The van der Waals surface area contributed by atoms with Crippen molar-refractivity contribution in [2.24, 2.45) is 11.7 Å². The minimum atomic E-state index is -0.412. The second kappa shape index (κ2) is 4.31. The number of carbonyl (C=O) groups is 2. The second-order valence-corrected chi connectivity index (χ2v) is 5.93. The van der Waals surface area contributed by atoms with Crippen molar-refractivity contribution in [1.29, 1.82) is 0 Å². The molecular formula is C13H13N3O2S. The summed E-state index contributed by atoms with van der Waals surface area (Å²) in [6.07, 6.45) is 0.203. The van der Waals surface area contributed by atoms with Crippen molar-refractivity contribution < 1.29 is 9.59 Å². The third kappa shape index (κ3) is 2.08. The molecule has 0 saturated carbocycles. The molecule has 0 radical (unpaired) electrons. The molecular weight excluding hydrogens is 262 g/mol. The number of rotatable bonds is 2. The number of hydrogen-bond donors (Lipinski definition) is 1. The van der Waals surface area contributed by atoms with Crippen LogP contribution in [0.4, 0.5) is 5.69 Å². The van der Waals surface area contributed by atoms with Gasteiger partial charge in [0.05, 0.1) is 21.1 Å². The van der Waals surface area contributed by atoms with E-state index in [1.54, 1.807) is 16.2 Å². The summed E-state index contributed by atoms with van der Waals surface area (Å²) >= 11 is 1.59. The normalized spacial score (nSPS) is 19.3. The Morgan fingerprint density at radius 3 is 3.00 bits per heavy atom. The Bertz CT molecular complexity index is 680. The summed E-state index contributed by atoms with van der Waals surface area (Å²) < 4.78 is 1.05. The van der Waals surface area contributed by atoms with Gasteiger partial charge in [-0.2, -0.15) is 0 Å². The summed E-state index contributed by atoms with van der Waals surface area (Å²) in [6.45, 7) is 2.33. The first kappa shape index (κ1) is 12.1. The zero-order valence-corrected chi connectivity index (χ0v) is 11.2. The van der Waals surface area contributed by atoms with Crippen LogP contribution in [0.1, 0.15) is 11.4 Å². The van der Waals surface area contributed by atoms with E-state index in [1.165, 1.54) is 0 Å². The van der Waals surface area contributed by atoms with E-state index in [9.17, 15) is 9.59 Å². The molecule has 1 unspecified atom stereocenters. The number of aryl methyl sites for hydroxylation is 1. The predicted octanol–water partition coefficient (Wildman–Crippen LogP) is 1.44. The Morgan fingerprint density at radius 2 is 2.32 bits per heavy atom. The van der Waals surface area contributed by atoms with Gasteiger partial charge in [0.2, 0.25) is 11.8 Å². The van der Waals surface area contributed by atoms with Crippen LogP contribution in [0.25, 0.3) is 10.2 Å². The van der Waals surface area contributed by atoms with E-state index in [-0.39, 0.29) is 18.2 Å². The molecule has 1 aromatic heterocycles. The van der Waals surface area contributed by atoms with E-state index in [0.29, 0.717) is 6.54 Å². The quantitative estimate of drug-likeness (QED) is 0.901. The van der Waals surface area contributed by atoms with Crippen molar-refractivity contribution in [3.63, 3.8) is 0 Å². The summed E-state index contributed by atoms with van der Waals surface area (Å²) in [5.74, 6) is -0.846. The molecule has 0 aliphatic carbocycles.